The van der Waals surface area contributed by atoms with E-state index in [2.05, 4.69) is 10.1 Å². The summed E-state index contributed by atoms with van der Waals surface area (Å²) in [6, 6.07) is 7.27. The van der Waals surface area contributed by atoms with Crippen LogP contribution >= 0.6 is 0 Å². The number of benzene rings is 1. The van der Waals surface area contributed by atoms with Gasteiger partial charge in [-0.1, -0.05) is 13.8 Å². The summed E-state index contributed by atoms with van der Waals surface area (Å²) in [4.78, 5) is 31.6. The van der Waals surface area contributed by atoms with Gasteiger partial charge in [-0.3, -0.25) is 19.3 Å². The third-order valence-corrected chi connectivity index (χ3v) is 5.40. The Hall–Kier alpha value is -3.40. The molecule has 0 saturated carbocycles. The molecule has 0 saturated heterocycles. The van der Waals surface area contributed by atoms with Crippen LogP contribution in [0, 0.1) is 0 Å². The summed E-state index contributed by atoms with van der Waals surface area (Å²) in [7, 11) is 1.51. The molecule has 0 radical (unpaired) electrons. The van der Waals surface area contributed by atoms with Gasteiger partial charge >= 0.3 is 5.92 Å². The van der Waals surface area contributed by atoms with Crippen LogP contribution in [0.25, 0.3) is 10.9 Å². The number of fused-ring (bicyclic) bond motifs is 1. The lowest BCUT2D eigenvalue weighted by Crippen LogP contribution is -2.35. The molecule has 3 rings (SSSR count). The lowest BCUT2D eigenvalue weighted by atomic mass is 10.1. The molecule has 0 aliphatic heterocycles. The molecule has 0 spiro atoms. The summed E-state index contributed by atoms with van der Waals surface area (Å²) in [6.07, 6.45) is 2.67. The Labute approximate surface area is 196 Å². The van der Waals surface area contributed by atoms with E-state index in [9.17, 15) is 18.4 Å². The number of ether oxygens (including phenoxy) is 1. The number of aliphatic hydroxyl groups is 1. The molecule has 0 aliphatic rings. The number of hydrogen-bond acceptors (Lipinski definition) is 6. The second kappa shape index (κ2) is 10.7. The third-order valence-electron chi connectivity index (χ3n) is 5.40. The molecule has 182 valence electrons. The molecule has 2 heterocycles. The molecular formula is C24H28F2N4O4. The second-order valence-electron chi connectivity index (χ2n) is 7.89. The van der Waals surface area contributed by atoms with E-state index in [1.54, 1.807) is 23.1 Å². The van der Waals surface area contributed by atoms with Crippen molar-refractivity contribution in [2.45, 2.75) is 39.2 Å². The third kappa shape index (κ3) is 5.22. The van der Waals surface area contributed by atoms with Crippen molar-refractivity contribution >= 4 is 22.6 Å². The van der Waals surface area contributed by atoms with Crippen molar-refractivity contribution in [3.05, 3.63) is 53.5 Å². The predicted molar refractivity (Wildman–Crippen MR) is 122 cm³/mol. The first kappa shape index (κ1) is 25.2. The van der Waals surface area contributed by atoms with Crippen LogP contribution in [0.5, 0.6) is 5.75 Å². The maximum Gasteiger partial charge on any atom is 0.312 e. The number of rotatable bonds is 11. The topological polar surface area (TPSA) is 97.6 Å². The highest BCUT2D eigenvalue weighted by Crippen LogP contribution is 2.28. The van der Waals surface area contributed by atoms with Gasteiger partial charge in [0, 0.05) is 36.3 Å². The fraction of sp³-hybridized carbons (Fsp3) is 0.417. The zero-order valence-corrected chi connectivity index (χ0v) is 19.4. The van der Waals surface area contributed by atoms with E-state index in [1.165, 1.54) is 17.9 Å². The summed E-state index contributed by atoms with van der Waals surface area (Å²) in [5.74, 6) is -3.61. The first-order valence-corrected chi connectivity index (χ1v) is 11.1. The van der Waals surface area contributed by atoms with Crippen molar-refractivity contribution < 1.29 is 28.2 Å². The van der Waals surface area contributed by atoms with E-state index in [-0.39, 0.29) is 23.7 Å². The molecule has 0 fully saturated rings. The average Bonchev–Trinajstić information content (AvgIpc) is 3.20. The largest absolute Gasteiger partial charge is 0.497 e. The van der Waals surface area contributed by atoms with Gasteiger partial charge in [-0.05, 0) is 37.1 Å². The van der Waals surface area contributed by atoms with Crippen LogP contribution in [0.2, 0.25) is 0 Å². The quantitative estimate of drug-likeness (QED) is 0.428. The van der Waals surface area contributed by atoms with Crippen molar-refractivity contribution in [1.82, 2.24) is 19.7 Å². The first-order valence-electron chi connectivity index (χ1n) is 11.1. The van der Waals surface area contributed by atoms with E-state index < -0.39 is 24.0 Å². The number of amides is 1. The monoisotopic (exact) mass is 474 g/mol. The maximum atomic E-state index is 13.7. The van der Waals surface area contributed by atoms with Crippen LogP contribution in [0.4, 0.5) is 8.78 Å². The number of carbonyl (C=O) groups is 2. The van der Waals surface area contributed by atoms with Gasteiger partial charge in [0.05, 0.1) is 12.6 Å². The van der Waals surface area contributed by atoms with Crippen molar-refractivity contribution in [1.29, 1.82) is 0 Å². The zero-order valence-electron chi connectivity index (χ0n) is 19.4. The maximum absolute atomic E-state index is 13.7. The highest BCUT2D eigenvalue weighted by molar-refractivity contribution is 6.15. The number of carbonyl (C=O) groups excluding carboxylic acids is 2. The molecule has 1 aromatic carbocycles. The van der Waals surface area contributed by atoms with Gasteiger partial charge in [-0.2, -0.15) is 13.9 Å². The van der Waals surface area contributed by atoms with Gasteiger partial charge in [0.15, 0.2) is 0 Å². The van der Waals surface area contributed by atoms with Gasteiger partial charge in [-0.25, -0.2) is 0 Å². The average molecular weight is 475 g/mol. The van der Waals surface area contributed by atoms with Gasteiger partial charge < -0.3 is 14.7 Å². The summed E-state index contributed by atoms with van der Waals surface area (Å²) >= 11 is 0. The Bertz CT molecular complexity index is 1160. The zero-order chi connectivity index (χ0) is 24.9. The Morgan fingerprint density at radius 2 is 1.85 bits per heavy atom. The number of alkyl halides is 2. The molecular weight excluding hydrogens is 446 g/mol. The van der Waals surface area contributed by atoms with E-state index in [1.807, 2.05) is 13.8 Å². The van der Waals surface area contributed by atoms with Crippen LogP contribution in [0.1, 0.15) is 48.4 Å². The minimum Gasteiger partial charge on any atom is -0.497 e. The van der Waals surface area contributed by atoms with Crippen molar-refractivity contribution in [2.75, 3.05) is 26.8 Å². The normalized spacial score (nSPS) is 11.6. The van der Waals surface area contributed by atoms with Crippen LogP contribution in [-0.4, -0.2) is 63.3 Å². The molecule has 0 bridgehead atoms. The van der Waals surface area contributed by atoms with Gasteiger partial charge in [0.25, 0.3) is 0 Å². The minimum absolute atomic E-state index is 0.0587. The number of nitrogens with zero attached hydrogens (tertiary/aromatic N) is 4. The van der Waals surface area contributed by atoms with Crippen LogP contribution in [0.15, 0.2) is 36.5 Å². The number of pyridine rings is 1. The van der Waals surface area contributed by atoms with Gasteiger partial charge in [-0.15, -0.1) is 0 Å². The molecule has 0 atom stereocenters. The van der Waals surface area contributed by atoms with Crippen molar-refractivity contribution in [2.24, 2.45) is 0 Å². The molecule has 8 nitrogen and oxygen atoms in total. The van der Waals surface area contributed by atoms with E-state index in [0.29, 0.717) is 29.7 Å². The van der Waals surface area contributed by atoms with Crippen LogP contribution in [-0.2, 0) is 17.3 Å². The summed E-state index contributed by atoms with van der Waals surface area (Å²) in [5.41, 5.74) is 0.0424. The van der Waals surface area contributed by atoms with Crippen molar-refractivity contribution in [3.8, 4) is 5.75 Å². The number of ketones is 1. The van der Waals surface area contributed by atoms with Crippen LogP contribution < -0.4 is 4.74 Å². The second-order valence-corrected chi connectivity index (χ2v) is 7.89. The Kier molecular flexibility index (Phi) is 7.93. The number of aromatic nitrogens is 3. The first-order chi connectivity index (χ1) is 16.2. The highest BCUT2D eigenvalue weighted by atomic mass is 19.3. The highest BCUT2D eigenvalue weighted by Gasteiger charge is 2.32. The Balaban J connectivity index is 2.00. The predicted octanol–water partition coefficient (Wildman–Crippen LogP) is 3.40. The number of halogens is 2. The molecule has 10 heteroatoms. The Morgan fingerprint density at radius 3 is 2.41 bits per heavy atom. The molecule has 0 unspecified atom stereocenters. The van der Waals surface area contributed by atoms with Gasteiger partial charge in [0.1, 0.15) is 30.3 Å². The molecule has 1 amide bonds. The summed E-state index contributed by atoms with van der Waals surface area (Å²) < 4.78 is 34.1. The molecule has 3 aromatic rings. The van der Waals surface area contributed by atoms with E-state index in [0.717, 1.165) is 25.1 Å². The number of aliphatic hydroxyl groups excluding tert-OH is 1. The lowest BCUT2D eigenvalue weighted by molar-refractivity contribution is -0.132. The summed E-state index contributed by atoms with van der Waals surface area (Å²) in [5, 5.41) is 13.8. The fourth-order valence-corrected chi connectivity index (χ4v) is 3.66. The van der Waals surface area contributed by atoms with E-state index in [4.69, 9.17) is 9.84 Å². The number of hydrogen-bond donors (Lipinski definition) is 1. The van der Waals surface area contributed by atoms with Crippen molar-refractivity contribution in [3.63, 3.8) is 0 Å². The van der Waals surface area contributed by atoms with Crippen LogP contribution in [0.3, 0.4) is 0 Å². The summed E-state index contributed by atoms with van der Waals surface area (Å²) in [6.45, 7) is 3.80. The lowest BCUT2D eigenvalue weighted by Gasteiger charge is -2.21. The van der Waals surface area contributed by atoms with E-state index >= 15 is 0 Å². The minimum atomic E-state index is -3.50. The molecule has 0 aliphatic carbocycles. The standard InChI is InChI=1S/C24H28F2N4O4/c1-4-10-29(11-5-2)21(32)14-30-19-12-17(34-3)7-8-18(19)22(28-30)23(33)16-6-9-20(27-13-16)24(25,26)15-31/h6-9,12-13,31H,4-5,10-11,14-15H2,1-3H3. The SMILES string of the molecule is CCCN(CCC)C(=O)Cn1nc(C(=O)c2ccc(C(F)(F)CO)nc2)c2ccc(OC)cc21. The smallest absolute Gasteiger partial charge is 0.312 e. The fourth-order valence-electron chi connectivity index (χ4n) is 3.66. The molecule has 1 N–H and O–H groups in total. The Morgan fingerprint density at radius 1 is 1.15 bits per heavy atom. The molecule has 2 aromatic heterocycles. The van der Waals surface area contributed by atoms with Gasteiger partial charge in [0.2, 0.25) is 11.7 Å². The molecule has 34 heavy (non-hydrogen) atoms. The number of methoxy groups -OCH3 is 1.